The van der Waals surface area contributed by atoms with Crippen LogP contribution in [0.25, 0.3) is 0 Å². The van der Waals surface area contributed by atoms with Crippen molar-refractivity contribution >= 4 is 17.6 Å². The van der Waals surface area contributed by atoms with Gasteiger partial charge in [-0.1, -0.05) is 24.3 Å². The molecule has 2 aromatic carbocycles. The number of anilines is 1. The Balaban J connectivity index is 1.26. The van der Waals surface area contributed by atoms with Gasteiger partial charge < -0.3 is 20.9 Å². The summed E-state index contributed by atoms with van der Waals surface area (Å²) in [7, 11) is 0. The highest BCUT2D eigenvalue weighted by Gasteiger charge is 2.17. The average molecular weight is 428 g/mol. The first-order valence-corrected chi connectivity index (χ1v) is 10.6. The lowest BCUT2D eigenvalue weighted by atomic mass is 10.2. The maximum Gasteiger partial charge on any atom is 0.315 e. The summed E-state index contributed by atoms with van der Waals surface area (Å²) >= 11 is 0. The van der Waals surface area contributed by atoms with E-state index in [4.69, 9.17) is 0 Å². The number of carbonyl (C=O) groups excluding carboxylic acids is 2. The van der Waals surface area contributed by atoms with Gasteiger partial charge in [-0.3, -0.25) is 9.69 Å². The van der Waals surface area contributed by atoms with Crippen LogP contribution in [0, 0.1) is 12.7 Å². The minimum Gasteiger partial charge on any atom is -0.369 e. The molecule has 1 saturated heterocycles. The first-order chi connectivity index (χ1) is 15.0. The van der Waals surface area contributed by atoms with E-state index < -0.39 is 6.03 Å². The van der Waals surface area contributed by atoms with Gasteiger partial charge in [0, 0.05) is 51.5 Å². The largest absolute Gasteiger partial charge is 0.369 e. The average Bonchev–Trinajstić information content (AvgIpc) is 2.78. The van der Waals surface area contributed by atoms with E-state index >= 15 is 0 Å². The molecule has 1 fully saturated rings. The van der Waals surface area contributed by atoms with Crippen LogP contribution in [0.3, 0.4) is 0 Å². The van der Waals surface area contributed by atoms with Crippen LogP contribution in [0.1, 0.15) is 11.1 Å². The Morgan fingerprint density at radius 1 is 0.968 bits per heavy atom. The molecular formula is C23H30FN5O2. The number of piperazine rings is 1. The molecule has 1 aliphatic rings. The topological polar surface area (TPSA) is 76.7 Å². The molecule has 0 spiro atoms. The zero-order valence-corrected chi connectivity index (χ0v) is 17.9. The third-order valence-electron chi connectivity index (χ3n) is 5.27. The third-order valence-corrected chi connectivity index (χ3v) is 5.27. The highest BCUT2D eigenvalue weighted by molar-refractivity contribution is 5.83. The number of carbonyl (C=O) groups is 2. The first-order valence-electron chi connectivity index (χ1n) is 10.6. The molecule has 3 N–H and O–H groups in total. The molecule has 0 unspecified atom stereocenters. The molecule has 3 amide bonds. The van der Waals surface area contributed by atoms with Crippen LogP contribution in [0.15, 0.2) is 48.5 Å². The lowest BCUT2D eigenvalue weighted by molar-refractivity contribution is -0.120. The number of benzene rings is 2. The highest BCUT2D eigenvalue weighted by atomic mass is 19.1. The molecule has 31 heavy (non-hydrogen) atoms. The summed E-state index contributed by atoms with van der Waals surface area (Å²) in [6.45, 7) is 7.44. The van der Waals surface area contributed by atoms with E-state index in [9.17, 15) is 14.0 Å². The van der Waals surface area contributed by atoms with Gasteiger partial charge in [0.05, 0.1) is 6.54 Å². The van der Waals surface area contributed by atoms with Crippen molar-refractivity contribution in [2.75, 3.05) is 50.7 Å². The number of halogens is 1. The van der Waals surface area contributed by atoms with Crippen molar-refractivity contribution in [3.63, 3.8) is 0 Å². The zero-order chi connectivity index (χ0) is 22.1. The Morgan fingerprint density at radius 3 is 2.42 bits per heavy atom. The second-order valence-corrected chi connectivity index (χ2v) is 7.68. The molecule has 3 rings (SSSR count). The fraction of sp³-hybridized carbons (Fsp3) is 0.391. The number of nitrogens with zero attached hydrogens (tertiary/aromatic N) is 2. The summed E-state index contributed by atoms with van der Waals surface area (Å²) in [5, 5.41) is 8.00. The minimum absolute atomic E-state index is 0.0869. The molecule has 0 aliphatic carbocycles. The van der Waals surface area contributed by atoms with Gasteiger partial charge in [-0.15, -0.1) is 0 Å². The maximum atomic E-state index is 12.9. The number of amides is 3. The van der Waals surface area contributed by atoms with E-state index in [1.807, 2.05) is 0 Å². The number of hydrogen-bond acceptors (Lipinski definition) is 4. The first kappa shape index (κ1) is 22.6. The van der Waals surface area contributed by atoms with Gasteiger partial charge >= 0.3 is 6.03 Å². The molecule has 0 radical (unpaired) electrons. The lowest BCUT2D eigenvalue weighted by Gasteiger charge is -2.36. The van der Waals surface area contributed by atoms with Crippen LogP contribution in [0.2, 0.25) is 0 Å². The second-order valence-electron chi connectivity index (χ2n) is 7.68. The fourth-order valence-electron chi connectivity index (χ4n) is 3.48. The summed E-state index contributed by atoms with van der Waals surface area (Å²) in [4.78, 5) is 28.5. The third kappa shape index (κ3) is 7.57. The maximum absolute atomic E-state index is 12.9. The van der Waals surface area contributed by atoms with Crippen LogP contribution < -0.4 is 20.9 Å². The van der Waals surface area contributed by atoms with E-state index in [1.165, 1.54) is 23.4 Å². The predicted molar refractivity (Wildman–Crippen MR) is 119 cm³/mol. The molecule has 0 bridgehead atoms. The summed E-state index contributed by atoms with van der Waals surface area (Å²) in [6, 6.07) is 14.0. The monoisotopic (exact) mass is 427 g/mol. The van der Waals surface area contributed by atoms with Gasteiger partial charge in [-0.2, -0.15) is 0 Å². The normalized spacial score (nSPS) is 14.2. The SMILES string of the molecule is Cc1cccc(N2CCN(CCNC(=O)CNC(=O)NCc3ccc(F)cc3)CC2)c1. The summed E-state index contributed by atoms with van der Waals surface area (Å²) in [6.07, 6.45) is 0. The van der Waals surface area contributed by atoms with Gasteiger partial charge in [-0.05, 0) is 42.3 Å². The van der Waals surface area contributed by atoms with Crippen LogP contribution >= 0.6 is 0 Å². The molecule has 1 aliphatic heterocycles. The fourth-order valence-corrected chi connectivity index (χ4v) is 3.48. The number of rotatable bonds is 8. The quantitative estimate of drug-likeness (QED) is 0.601. The molecule has 0 saturated carbocycles. The van der Waals surface area contributed by atoms with Crippen molar-refractivity contribution in [3.8, 4) is 0 Å². The van der Waals surface area contributed by atoms with Crippen LogP contribution in [-0.2, 0) is 11.3 Å². The highest BCUT2D eigenvalue weighted by Crippen LogP contribution is 2.17. The van der Waals surface area contributed by atoms with Gasteiger partial charge in [0.15, 0.2) is 0 Å². The van der Waals surface area contributed by atoms with E-state index in [-0.39, 0.29) is 24.8 Å². The smallest absolute Gasteiger partial charge is 0.315 e. The number of urea groups is 1. The molecule has 0 atom stereocenters. The number of nitrogens with one attached hydrogen (secondary N) is 3. The van der Waals surface area contributed by atoms with Crippen molar-refractivity contribution < 1.29 is 14.0 Å². The Kier molecular flexibility index (Phi) is 8.23. The van der Waals surface area contributed by atoms with Gasteiger partial charge in [0.2, 0.25) is 5.91 Å². The zero-order valence-electron chi connectivity index (χ0n) is 17.9. The van der Waals surface area contributed by atoms with E-state index in [2.05, 4.69) is 56.9 Å². The number of hydrogen-bond donors (Lipinski definition) is 3. The Labute approximate surface area is 182 Å². The van der Waals surface area contributed by atoms with Crippen LogP contribution in [0.4, 0.5) is 14.9 Å². The van der Waals surface area contributed by atoms with Gasteiger partial charge in [0.1, 0.15) is 5.82 Å². The van der Waals surface area contributed by atoms with Crippen molar-refractivity contribution in [2.45, 2.75) is 13.5 Å². The molecule has 8 heteroatoms. The predicted octanol–water partition coefficient (Wildman–Crippen LogP) is 1.87. The van der Waals surface area contributed by atoms with Crippen molar-refractivity contribution in [2.24, 2.45) is 0 Å². The van der Waals surface area contributed by atoms with Gasteiger partial charge in [-0.25, -0.2) is 9.18 Å². The number of aryl methyl sites for hydroxylation is 1. The Morgan fingerprint density at radius 2 is 1.71 bits per heavy atom. The standard InChI is InChI=1S/C23H30FN5O2/c1-18-3-2-4-21(15-18)29-13-11-28(12-14-29)10-9-25-22(30)17-27-23(31)26-16-19-5-7-20(24)8-6-19/h2-8,15H,9-14,16-17H2,1H3,(H,25,30)(H2,26,27,31). The van der Waals surface area contributed by atoms with E-state index in [0.717, 1.165) is 38.3 Å². The molecular weight excluding hydrogens is 397 g/mol. The Bertz CT molecular complexity index is 867. The van der Waals surface area contributed by atoms with Gasteiger partial charge in [0.25, 0.3) is 0 Å². The molecule has 1 heterocycles. The van der Waals surface area contributed by atoms with Crippen molar-refractivity contribution in [3.05, 3.63) is 65.5 Å². The molecule has 7 nitrogen and oxygen atoms in total. The Hall–Kier alpha value is -3.13. The van der Waals surface area contributed by atoms with Crippen molar-refractivity contribution in [1.29, 1.82) is 0 Å². The molecule has 2 aromatic rings. The van der Waals surface area contributed by atoms with Crippen LogP contribution in [0.5, 0.6) is 0 Å². The van der Waals surface area contributed by atoms with E-state index in [0.29, 0.717) is 6.54 Å². The lowest BCUT2D eigenvalue weighted by Crippen LogP contribution is -2.49. The minimum atomic E-state index is -0.438. The van der Waals surface area contributed by atoms with Crippen molar-refractivity contribution in [1.82, 2.24) is 20.9 Å². The summed E-state index contributed by atoms with van der Waals surface area (Å²) < 4.78 is 12.9. The van der Waals surface area contributed by atoms with E-state index in [1.54, 1.807) is 12.1 Å². The molecule has 166 valence electrons. The summed E-state index contributed by atoms with van der Waals surface area (Å²) in [5.41, 5.74) is 3.31. The van der Waals surface area contributed by atoms with Crippen LogP contribution in [-0.4, -0.2) is 62.7 Å². The molecule has 0 aromatic heterocycles. The summed E-state index contributed by atoms with van der Waals surface area (Å²) in [5.74, 6) is -0.548. The second kappa shape index (κ2) is 11.3.